The van der Waals surface area contributed by atoms with Crippen LogP contribution in [0.25, 0.3) is 0 Å². The number of hydrogen-bond donors (Lipinski definition) is 2. The number of primary amides is 1. The highest BCUT2D eigenvalue weighted by Crippen LogP contribution is 2.17. The number of nitrogens with zero attached hydrogens (tertiary/aromatic N) is 1. The fraction of sp³-hybridized carbons (Fsp3) is 0.800. The fourth-order valence-electron chi connectivity index (χ4n) is 1.88. The maximum absolute atomic E-state index is 11.8. The summed E-state index contributed by atoms with van der Waals surface area (Å²) in [5.74, 6) is -0.577. The number of likely N-dealkylation sites (tertiary alicyclic amines) is 1. The summed E-state index contributed by atoms with van der Waals surface area (Å²) < 4.78 is 0. The van der Waals surface area contributed by atoms with E-state index >= 15 is 0 Å². The van der Waals surface area contributed by atoms with Gasteiger partial charge in [-0.3, -0.25) is 9.59 Å². The predicted octanol–water partition coefficient (Wildman–Crippen LogP) is -0.410. The van der Waals surface area contributed by atoms with Gasteiger partial charge in [0, 0.05) is 6.54 Å². The van der Waals surface area contributed by atoms with Gasteiger partial charge in [0.25, 0.3) is 0 Å². The molecule has 0 saturated carbocycles. The van der Waals surface area contributed by atoms with E-state index in [9.17, 15) is 9.59 Å². The SMILES string of the molecule is CC[C@H](N)C(=O)N1CCCC[C@@H]1C(N)=O. The molecule has 1 fully saturated rings. The van der Waals surface area contributed by atoms with Crippen molar-refractivity contribution in [2.75, 3.05) is 6.54 Å². The van der Waals surface area contributed by atoms with Gasteiger partial charge >= 0.3 is 0 Å². The Kier molecular flexibility index (Phi) is 4.08. The molecule has 1 aliphatic heterocycles. The molecule has 0 aromatic carbocycles. The van der Waals surface area contributed by atoms with Crippen molar-refractivity contribution in [3.8, 4) is 0 Å². The average molecular weight is 213 g/mol. The van der Waals surface area contributed by atoms with E-state index in [0.717, 1.165) is 12.8 Å². The van der Waals surface area contributed by atoms with Crippen LogP contribution < -0.4 is 11.5 Å². The zero-order valence-electron chi connectivity index (χ0n) is 9.11. The molecule has 0 spiro atoms. The molecule has 86 valence electrons. The van der Waals surface area contributed by atoms with Crippen LogP contribution in [0.3, 0.4) is 0 Å². The Balaban J connectivity index is 2.71. The quantitative estimate of drug-likeness (QED) is 0.668. The summed E-state index contributed by atoms with van der Waals surface area (Å²) >= 11 is 0. The molecule has 1 aliphatic rings. The fourth-order valence-corrected chi connectivity index (χ4v) is 1.88. The summed E-state index contributed by atoms with van der Waals surface area (Å²) in [7, 11) is 0. The van der Waals surface area contributed by atoms with E-state index in [2.05, 4.69) is 0 Å². The van der Waals surface area contributed by atoms with Crippen molar-refractivity contribution in [2.45, 2.75) is 44.7 Å². The zero-order chi connectivity index (χ0) is 11.4. The standard InChI is InChI=1S/C10H19N3O2/c1-2-7(11)10(15)13-6-4-3-5-8(13)9(12)14/h7-8H,2-6,11H2,1H3,(H2,12,14)/t7-,8+/m0/s1. The van der Waals surface area contributed by atoms with Crippen molar-refractivity contribution in [3.05, 3.63) is 0 Å². The first-order chi connectivity index (χ1) is 7.07. The van der Waals surface area contributed by atoms with Gasteiger partial charge in [0.15, 0.2) is 0 Å². The van der Waals surface area contributed by atoms with E-state index in [-0.39, 0.29) is 5.91 Å². The third-order valence-electron chi connectivity index (χ3n) is 2.87. The van der Waals surface area contributed by atoms with Crippen LogP contribution >= 0.6 is 0 Å². The summed E-state index contributed by atoms with van der Waals surface area (Å²) in [6.07, 6.45) is 3.11. The van der Waals surface area contributed by atoms with Gasteiger partial charge in [-0.05, 0) is 25.7 Å². The van der Waals surface area contributed by atoms with E-state index in [1.165, 1.54) is 0 Å². The molecule has 1 heterocycles. The highest BCUT2D eigenvalue weighted by atomic mass is 16.2. The Morgan fingerprint density at radius 2 is 2.13 bits per heavy atom. The van der Waals surface area contributed by atoms with Crippen LogP contribution in [-0.4, -0.2) is 35.3 Å². The second-order valence-electron chi connectivity index (χ2n) is 3.96. The highest BCUT2D eigenvalue weighted by molar-refractivity contribution is 5.89. The van der Waals surface area contributed by atoms with E-state index in [1.54, 1.807) is 4.90 Å². The minimum Gasteiger partial charge on any atom is -0.368 e. The lowest BCUT2D eigenvalue weighted by atomic mass is 10.00. The van der Waals surface area contributed by atoms with Gasteiger partial charge in [-0.2, -0.15) is 0 Å². The smallest absolute Gasteiger partial charge is 0.240 e. The van der Waals surface area contributed by atoms with E-state index in [4.69, 9.17) is 11.5 Å². The number of carbonyl (C=O) groups is 2. The summed E-state index contributed by atoms with van der Waals surface area (Å²) in [5.41, 5.74) is 10.9. The van der Waals surface area contributed by atoms with Gasteiger partial charge in [-0.15, -0.1) is 0 Å². The molecule has 0 aliphatic carbocycles. The molecule has 4 N–H and O–H groups in total. The Hall–Kier alpha value is -1.10. The van der Waals surface area contributed by atoms with Crippen LogP contribution in [0.2, 0.25) is 0 Å². The Bertz CT molecular complexity index is 255. The third kappa shape index (κ3) is 2.68. The molecule has 0 bridgehead atoms. The Morgan fingerprint density at radius 1 is 1.47 bits per heavy atom. The third-order valence-corrected chi connectivity index (χ3v) is 2.87. The summed E-state index contributed by atoms with van der Waals surface area (Å²) in [6.45, 7) is 2.45. The van der Waals surface area contributed by atoms with Crippen LogP contribution in [0.15, 0.2) is 0 Å². The topological polar surface area (TPSA) is 89.4 Å². The first-order valence-corrected chi connectivity index (χ1v) is 5.43. The lowest BCUT2D eigenvalue weighted by Crippen LogP contribution is -2.54. The van der Waals surface area contributed by atoms with Gasteiger partial charge < -0.3 is 16.4 Å². The molecular weight excluding hydrogens is 194 g/mol. The van der Waals surface area contributed by atoms with Gasteiger partial charge in [-0.1, -0.05) is 6.92 Å². The number of hydrogen-bond acceptors (Lipinski definition) is 3. The van der Waals surface area contributed by atoms with Gasteiger partial charge in [0.05, 0.1) is 6.04 Å². The van der Waals surface area contributed by atoms with E-state index < -0.39 is 18.0 Å². The highest BCUT2D eigenvalue weighted by Gasteiger charge is 2.32. The molecule has 5 nitrogen and oxygen atoms in total. The molecule has 0 aromatic rings. The lowest BCUT2D eigenvalue weighted by Gasteiger charge is -2.35. The van der Waals surface area contributed by atoms with Crippen molar-refractivity contribution in [3.63, 3.8) is 0 Å². The number of rotatable bonds is 3. The molecule has 2 atom stereocenters. The molecule has 5 heteroatoms. The number of nitrogens with two attached hydrogens (primary N) is 2. The van der Waals surface area contributed by atoms with Crippen LogP contribution in [-0.2, 0) is 9.59 Å². The molecule has 0 unspecified atom stereocenters. The molecule has 15 heavy (non-hydrogen) atoms. The van der Waals surface area contributed by atoms with Crippen molar-refractivity contribution < 1.29 is 9.59 Å². The minimum absolute atomic E-state index is 0.152. The second-order valence-corrected chi connectivity index (χ2v) is 3.96. The number of piperidine rings is 1. The molecular formula is C10H19N3O2. The molecule has 1 rings (SSSR count). The van der Waals surface area contributed by atoms with Crippen LogP contribution in [0.4, 0.5) is 0 Å². The van der Waals surface area contributed by atoms with E-state index in [1.807, 2.05) is 6.92 Å². The Morgan fingerprint density at radius 3 is 2.67 bits per heavy atom. The maximum atomic E-state index is 11.8. The summed E-state index contributed by atoms with van der Waals surface area (Å²) in [6, 6.07) is -0.964. The van der Waals surface area contributed by atoms with Gasteiger partial charge in [0.1, 0.15) is 6.04 Å². The monoisotopic (exact) mass is 213 g/mol. The number of carbonyl (C=O) groups excluding carboxylic acids is 2. The first-order valence-electron chi connectivity index (χ1n) is 5.43. The van der Waals surface area contributed by atoms with Crippen molar-refractivity contribution >= 4 is 11.8 Å². The second kappa shape index (κ2) is 5.11. The predicted molar refractivity (Wildman–Crippen MR) is 56.8 cm³/mol. The number of amides is 2. The first kappa shape index (κ1) is 12.0. The minimum atomic E-state index is -0.509. The maximum Gasteiger partial charge on any atom is 0.240 e. The normalized spacial score (nSPS) is 23.6. The van der Waals surface area contributed by atoms with E-state index in [0.29, 0.717) is 19.4 Å². The van der Waals surface area contributed by atoms with Crippen molar-refractivity contribution in [2.24, 2.45) is 11.5 Å². The van der Waals surface area contributed by atoms with Crippen LogP contribution in [0.1, 0.15) is 32.6 Å². The van der Waals surface area contributed by atoms with Crippen molar-refractivity contribution in [1.29, 1.82) is 0 Å². The zero-order valence-corrected chi connectivity index (χ0v) is 9.11. The molecule has 0 aromatic heterocycles. The van der Waals surface area contributed by atoms with Crippen LogP contribution in [0, 0.1) is 0 Å². The average Bonchev–Trinajstić information content (AvgIpc) is 2.27. The molecule has 2 amide bonds. The molecule has 1 saturated heterocycles. The van der Waals surface area contributed by atoms with Crippen LogP contribution in [0.5, 0.6) is 0 Å². The largest absolute Gasteiger partial charge is 0.368 e. The summed E-state index contributed by atoms with van der Waals surface area (Å²) in [4.78, 5) is 24.5. The summed E-state index contributed by atoms with van der Waals surface area (Å²) in [5, 5.41) is 0. The van der Waals surface area contributed by atoms with Gasteiger partial charge in [0.2, 0.25) is 11.8 Å². The molecule has 0 radical (unpaired) electrons. The lowest BCUT2D eigenvalue weighted by molar-refractivity contribution is -0.142. The Labute approximate surface area is 89.8 Å². The van der Waals surface area contributed by atoms with Gasteiger partial charge in [-0.25, -0.2) is 0 Å². The van der Waals surface area contributed by atoms with Crippen molar-refractivity contribution in [1.82, 2.24) is 4.90 Å².